The number of H-pyrrole nitrogens is 1. The van der Waals surface area contributed by atoms with E-state index in [9.17, 15) is 4.79 Å². The normalized spacial score (nSPS) is 10.9. The van der Waals surface area contributed by atoms with E-state index in [0.717, 1.165) is 16.6 Å². The van der Waals surface area contributed by atoms with E-state index in [1.54, 1.807) is 6.92 Å². The van der Waals surface area contributed by atoms with Crippen LogP contribution in [-0.2, 0) is 6.42 Å². The molecule has 0 aliphatic heterocycles. The molecule has 0 radical (unpaired) electrons. The summed E-state index contributed by atoms with van der Waals surface area (Å²) in [5, 5.41) is 12.9. The Balaban J connectivity index is 1.98. The standard InChI is InChI=1S/C16H17N5O2/c1-9-11-5-3-4-6-13(11)19-15(17-9)21-16-18-10(2)12(7-8-22)14(23)20-16/h3-6,22H,7-8H2,1-2H3,(H2,17,18,19,20,21,23). The number of aromatic amines is 1. The Morgan fingerprint density at radius 3 is 2.65 bits per heavy atom. The molecule has 0 aliphatic carbocycles. The van der Waals surface area contributed by atoms with Gasteiger partial charge >= 0.3 is 0 Å². The number of hydrogen-bond acceptors (Lipinski definition) is 6. The Bertz CT molecular complexity index is 920. The van der Waals surface area contributed by atoms with Crippen molar-refractivity contribution < 1.29 is 5.11 Å². The third-order valence-electron chi connectivity index (χ3n) is 3.61. The number of rotatable bonds is 4. The van der Waals surface area contributed by atoms with Crippen molar-refractivity contribution in [1.82, 2.24) is 19.9 Å². The topological polar surface area (TPSA) is 104 Å². The molecule has 0 aliphatic rings. The van der Waals surface area contributed by atoms with E-state index in [2.05, 4.69) is 25.3 Å². The summed E-state index contributed by atoms with van der Waals surface area (Å²) in [5.74, 6) is 0.655. The average Bonchev–Trinajstić information content (AvgIpc) is 2.51. The van der Waals surface area contributed by atoms with E-state index < -0.39 is 0 Å². The first kappa shape index (κ1) is 15.1. The largest absolute Gasteiger partial charge is 0.396 e. The Kier molecular flexibility index (Phi) is 4.03. The van der Waals surface area contributed by atoms with E-state index in [4.69, 9.17) is 5.11 Å². The van der Waals surface area contributed by atoms with Gasteiger partial charge in [-0.05, 0) is 19.9 Å². The molecule has 3 rings (SSSR count). The number of nitrogens with one attached hydrogen (secondary N) is 2. The van der Waals surface area contributed by atoms with E-state index >= 15 is 0 Å². The molecule has 0 bridgehead atoms. The molecule has 7 heteroatoms. The molecular formula is C16H17N5O2. The maximum atomic E-state index is 12.0. The average molecular weight is 311 g/mol. The fourth-order valence-corrected chi connectivity index (χ4v) is 2.47. The van der Waals surface area contributed by atoms with Crippen molar-refractivity contribution in [2.24, 2.45) is 0 Å². The molecule has 2 heterocycles. The van der Waals surface area contributed by atoms with Gasteiger partial charge in [-0.2, -0.15) is 0 Å². The third-order valence-corrected chi connectivity index (χ3v) is 3.61. The van der Waals surface area contributed by atoms with Crippen LogP contribution in [0.1, 0.15) is 17.0 Å². The Hall–Kier alpha value is -2.80. The number of fused-ring (bicyclic) bond motifs is 1. The minimum Gasteiger partial charge on any atom is -0.396 e. The summed E-state index contributed by atoms with van der Waals surface area (Å²) in [7, 11) is 0. The van der Waals surface area contributed by atoms with Crippen LogP contribution in [0.15, 0.2) is 29.1 Å². The molecule has 118 valence electrons. The quantitative estimate of drug-likeness (QED) is 0.676. The highest BCUT2D eigenvalue weighted by atomic mass is 16.3. The Morgan fingerprint density at radius 1 is 1.13 bits per heavy atom. The predicted octanol–water partition coefficient (Wildman–Crippen LogP) is 1.61. The number of hydrogen-bond donors (Lipinski definition) is 3. The van der Waals surface area contributed by atoms with Gasteiger partial charge in [0.15, 0.2) is 0 Å². The number of benzene rings is 1. The van der Waals surface area contributed by atoms with Crippen LogP contribution < -0.4 is 10.9 Å². The lowest BCUT2D eigenvalue weighted by Crippen LogP contribution is -2.19. The fraction of sp³-hybridized carbons (Fsp3) is 0.250. The zero-order chi connectivity index (χ0) is 16.4. The summed E-state index contributed by atoms with van der Waals surface area (Å²) in [4.78, 5) is 27.8. The van der Waals surface area contributed by atoms with Gasteiger partial charge in [0, 0.05) is 24.0 Å². The van der Waals surface area contributed by atoms with Crippen LogP contribution in [0, 0.1) is 13.8 Å². The van der Waals surface area contributed by atoms with Crippen LogP contribution in [0.2, 0.25) is 0 Å². The van der Waals surface area contributed by atoms with Crippen molar-refractivity contribution in [2.45, 2.75) is 20.3 Å². The Morgan fingerprint density at radius 2 is 1.91 bits per heavy atom. The zero-order valence-electron chi connectivity index (χ0n) is 12.9. The molecular weight excluding hydrogens is 294 g/mol. The molecule has 2 aromatic heterocycles. The molecule has 3 N–H and O–H groups in total. The molecule has 23 heavy (non-hydrogen) atoms. The van der Waals surface area contributed by atoms with Gasteiger partial charge in [-0.15, -0.1) is 0 Å². The second-order valence-corrected chi connectivity index (χ2v) is 5.23. The van der Waals surface area contributed by atoms with Crippen molar-refractivity contribution in [3.63, 3.8) is 0 Å². The van der Waals surface area contributed by atoms with Crippen LogP contribution in [-0.4, -0.2) is 31.6 Å². The van der Waals surface area contributed by atoms with Crippen LogP contribution >= 0.6 is 0 Å². The van der Waals surface area contributed by atoms with Gasteiger partial charge in [0.1, 0.15) is 0 Å². The van der Waals surface area contributed by atoms with Gasteiger partial charge in [0.05, 0.1) is 16.9 Å². The maximum Gasteiger partial charge on any atom is 0.255 e. The number of aliphatic hydroxyl groups excluding tert-OH is 1. The second-order valence-electron chi connectivity index (χ2n) is 5.23. The molecule has 0 atom stereocenters. The van der Waals surface area contributed by atoms with Gasteiger partial charge in [-0.25, -0.2) is 15.0 Å². The Labute approximate surface area is 132 Å². The molecule has 3 aromatic rings. The monoisotopic (exact) mass is 311 g/mol. The number of nitrogens with zero attached hydrogens (tertiary/aromatic N) is 3. The number of aromatic nitrogens is 4. The highest BCUT2D eigenvalue weighted by molar-refractivity contribution is 5.81. The first-order chi connectivity index (χ1) is 11.1. The van der Waals surface area contributed by atoms with Gasteiger partial charge in [0.2, 0.25) is 11.9 Å². The van der Waals surface area contributed by atoms with Crippen LogP contribution in [0.4, 0.5) is 11.9 Å². The lowest BCUT2D eigenvalue weighted by atomic mass is 10.2. The molecule has 0 spiro atoms. The number of para-hydroxylation sites is 1. The second kappa shape index (κ2) is 6.13. The highest BCUT2D eigenvalue weighted by Gasteiger charge is 2.10. The summed E-state index contributed by atoms with van der Waals surface area (Å²) in [6, 6.07) is 7.71. The molecule has 0 amide bonds. The molecule has 0 unspecified atom stereocenters. The molecule has 1 aromatic carbocycles. The van der Waals surface area contributed by atoms with Crippen molar-refractivity contribution in [1.29, 1.82) is 0 Å². The minimum atomic E-state index is -0.272. The molecule has 0 saturated heterocycles. The molecule has 0 saturated carbocycles. The number of anilines is 2. The molecule has 0 fully saturated rings. The van der Waals surface area contributed by atoms with Gasteiger partial charge in [-0.3, -0.25) is 15.1 Å². The van der Waals surface area contributed by atoms with Gasteiger partial charge in [-0.1, -0.05) is 18.2 Å². The van der Waals surface area contributed by atoms with E-state index in [-0.39, 0.29) is 24.5 Å². The van der Waals surface area contributed by atoms with Gasteiger partial charge < -0.3 is 5.11 Å². The number of aryl methyl sites for hydroxylation is 2. The lowest BCUT2D eigenvalue weighted by molar-refractivity contribution is 0.298. The van der Waals surface area contributed by atoms with Gasteiger partial charge in [0.25, 0.3) is 5.56 Å². The summed E-state index contributed by atoms with van der Waals surface area (Å²) in [6.45, 7) is 3.55. The highest BCUT2D eigenvalue weighted by Crippen LogP contribution is 2.18. The zero-order valence-corrected chi connectivity index (χ0v) is 12.9. The molecule has 7 nitrogen and oxygen atoms in total. The van der Waals surface area contributed by atoms with Crippen LogP contribution in [0.5, 0.6) is 0 Å². The van der Waals surface area contributed by atoms with E-state index in [1.807, 2.05) is 31.2 Å². The van der Waals surface area contributed by atoms with E-state index in [1.165, 1.54) is 0 Å². The summed E-state index contributed by atoms with van der Waals surface area (Å²) < 4.78 is 0. The summed E-state index contributed by atoms with van der Waals surface area (Å²) >= 11 is 0. The summed E-state index contributed by atoms with van der Waals surface area (Å²) in [5.41, 5.74) is 2.44. The van der Waals surface area contributed by atoms with Crippen LogP contribution in [0.25, 0.3) is 10.9 Å². The first-order valence-electron chi connectivity index (χ1n) is 7.29. The minimum absolute atomic E-state index is 0.0919. The van der Waals surface area contributed by atoms with E-state index in [0.29, 0.717) is 17.2 Å². The van der Waals surface area contributed by atoms with Crippen molar-refractivity contribution >= 4 is 22.8 Å². The van der Waals surface area contributed by atoms with Crippen molar-refractivity contribution in [2.75, 3.05) is 11.9 Å². The lowest BCUT2D eigenvalue weighted by Gasteiger charge is -2.09. The predicted molar refractivity (Wildman–Crippen MR) is 87.9 cm³/mol. The SMILES string of the molecule is Cc1nc(Nc2nc(C)c3ccccc3n2)[nH]c(=O)c1CCO. The summed E-state index contributed by atoms with van der Waals surface area (Å²) in [6.07, 6.45) is 0.278. The fourth-order valence-electron chi connectivity index (χ4n) is 2.47. The van der Waals surface area contributed by atoms with Crippen molar-refractivity contribution in [3.05, 3.63) is 51.6 Å². The van der Waals surface area contributed by atoms with Crippen molar-refractivity contribution in [3.8, 4) is 0 Å². The first-order valence-corrected chi connectivity index (χ1v) is 7.29. The third kappa shape index (κ3) is 3.04. The smallest absolute Gasteiger partial charge is 0.255 e. The number of aliphatic hydroxyl groups is 1. The van der Waals surface area contributed by atoms with Crippen LogP contribution in [0.3, 0.4) is 0 Å². The maximum absolute atomic E-state index is 12.0.